The number of imidazole rings is 1. The zero-order valence-corrected chi connectivity index (χ0v) is 19.9. The first-order valence-electron chi connectivity index (χ1n) is 11.9. The number of nitrogens with one attached hydrogen (secondary N) is 4. The summed E-state index contributed by atoms with van der Waals surface area (Å²) in [7, 11) is 0. The van der Waals surface area contributed by atoms with Crippen LogP contribution in [0, 0.1) is 0 Å². The van der Waals surface area contributed by atoms with Crippen LogP contribution in [-0.2, 0) is 40.3 Å². The maximum Gasteiger partial charge on any atom is 0.411 e. The number of ether oxygens (including phenoxy) is 1. The molecule has 1 aliphatic rings. The van der Waals surface area contributed by atoms with Crippen LogP contribution in [0.2, 0.25) is 0 Å². The molecule has 0 radical (unpaired) electrons. The summed E-state index contributed by atoms with van der Waals surface area (Å²) in [4.78, 5) is 51.0. The highest BCUT2D eigenvalue weighted by atomic mass is 16.6. The molecule has 11 heteroatoms. The first kappa shape index (κ1) is 24.1. The van der Waals surface area contributed by atoms with Crippen LogP contribution >= 0.6 is 0 Å². The molecule has 0 aliphatic carbocycles. The van der Waals surface area contributed by atoms with E-state index < -0.39 is 30.0 Å². The molecule has 0 saturated carbocycles. The molecule has 6 N–H and O–H groups in total. The summed E-state index contributed by atoms with van der Waals surface area (Å²) in [6.07, 6.45) is 2.88. The Labute approximate surface area is 212 Å². The third-order valence-electron chi connectivity index (χ3n) is 6.49. The van der Waals surface area contributed by atoms with E-state index in [4.69, 9.17) is 10.6 Å². The molecule has 3 amide bonds. The van der Waals surface area contributed by atoms with Crippen LogP contribution in [0.3, 0.4) is 0 Å². The Kier molecular flexibility index (Phi) is 6.86. The van der Waals surface area contributed by atoms with Crippen molar-refractivity contribution in [1.29, 1.82) is 0 Å². The number of hydrogen-bond acceptors (Lipinski definition) is 6. The molecule has 11 nitrogen and oxygen atoms in total. The van der Waals surface area contributed by atoms with Crippen LogP contribution in [0.4, 0.5) is 4.79 Å². The van der Waals surface area contributed by atoms with Crippen molar-refractivity contribution in [1.82, 2.24) is 30.6 Å². The summed E-state index contributed by atoms with van der Waals surface area (Å²) in [5.41, 5.74) is 6.22. The number of amides is 3. The van der Waals surface area contributed by atoms with Crippen molar-refractivity contribution in [2.75, 3.05) is 0 Å². The number of carbonyl (C=O) groups excluding carboxylic acids is 3. The molecule has 1 aliphatic heterocycles. The van der Waals surface area contributed by atoms with Crippen LogP contribution in [0.15, 0.2) is 67.1 Å². The summed E-state index contributed by atoms with van der Waals surface area (Å²) < 4.78 is 5.58. The van der Waals surface area contributed by atoms with Crippen LogP contribution in [-0.4, -0.2) is 49.8 Å². The van der Waals surface area contributed by atoms with Gasteiger partial charge in [-0.1, -0.05) is 48.5 Å². The molecule has 1 unspecified atom stereocenters. The van der Waals surface area contributed by atoms with E-state index in [-0.39, 0.29) is 26.0 Å². The van der Waals surface area contributed by atoms with Gasteiger partial charge in [0.15, 0.2) is 0 Å². The maximum absolute atomic E-state index is 13.6. The van der Waals surface area contributed by atoms with E-state index in [1.54, 1.807) is 6.20 Å². The number of hydrazine groups is 1. The van der Waals surface area contributed by atoms with Crippen molar-refractivity contribution in [2.24, 2.45) is 5.84 Å². The highest BCUT2D eigenvalue weighted by molar-refractivity contribution is 5.93. The number of nitrogens with two attached hydrogens (primary N) is 1. The SMILES string of the molecule is NNC(=O)[C@H](Cc1c[nH]cn1)NC(=O)C1Cc2c([nH]c3ccccc23)CN1C(=O)OCc1ccccc1. The largest absolute Gasteiger partial charge is 0.445 e. The Morgan fingerprint density at radius 1 is 1.14 bits per heavy atom. The average molecular weight is 502 g/mol. The minimum atomic E-state index is -0.979. The summed E-state index contributed by atoms with van der Waals surface area (Å²) in [6, 6.07) is 15.2. The Balaban J connectivity index is 1.41. The van der Waals surface area contributed by atoms with Gasteiger partial charge in [-0.3, -0.25) is 19.9 Å². The number of fused-ring (bicyclic) bond motifs is 3. The molecular formula is C26H27N7O4. The molecule has 37 heavy (non-hydrogen) atoms. The summed E-state index contributed by atoms with van der Waals surface area (Å²) >= 11 is 0. The third-order valence-corrected chi connectivity index (χ3v) is 6.49. The molecule has 5 rings (SSSR count). The Bertz CT molecular complexity index is 1400. The number of aromatic amines is 2. The van der Waals surface area contributed by atoms with Gasteiger partial charge in [0, 0.05) is 35.6 Å². The average Bonchev–Trinajstić information content (AvgIpc) is 3.58. The number of nitrogens with zero attached hydrogens (tertiary/aromatic N) is 2. The lowest BCUT2D eigenvalue weighted by Gasteiger charge is -2.34. The van der Waals surface area contributed by atoms with Crippen molar-refractivity contribution in [2.45, 2.75) is 38.1 Å². The smallest absolute Gasteiger partial charge is 0.411 e. The van der Waals surface area contributed by atoms with Crippen LogP contribution < -0.4 is 16.6 Å². The summed E-state index contributed by atoms with van der Waals surface area (Å²) in [5.74, 6) is 4.31. The van der Waals surface area contributed by atoms with Gasteiger partial charge in [0.25, 0.3) is 5.91 Å². The second-order valence-corrected chi connectivity index (χ2v) is 8.85. The van der Waals surface area contributed by atoms with Gasteiger partial charge in [-0.15, -0.1) is 0 Å². The van der Waals surface area contributed by atoms with E-state index in [1.165, 1.54) is 11.2 Å². The Morgan fingerprint density at radius 3 is 2.68 bits per heavy atom. The van der Waals surface area contributed by atoms with Crippen molar-refractivity contribution in [3.05, 3.63) is 89.6 Å². The number of hydrogen-bond donors (Lipinski definition) is 5. The van der Waals surface area contributed by atoms with Gasteiger partial charge in [0.1, 0.15) is 18.7 Å². The fraction of sp³-hybridized carbons (Fsp3) is 0.231. The lowest BCUT2D eigenvalue weighted by molar-refractivity contribution is -0.132. The van der Waals surface area contributed by atoms with E-state index in [0.717, 1.165) is 27.7 Å². The number of aromatic nitrogens is 3. The van der Waals surface area contributed by atoms with E-state index in [0.29, 0.717) is 5.69 Å². The predicted molar refractivity (Wildman–Crippen MR) is 135 cm³/mol. The third kappa shape index (κ3) is 5.16. The van der Waals surface area contributed by atoms with Crippen molar-refractivity contribution in [3.8, 4) is 0 Å². The molecule has 0 spiro atoms. The number of benzene rings is 2. The molecule has 0 bridgehead atoms. The highest BCUT2D eigenvalue weighted by Crippen LogP contribution is 2.31. The number of rotatable bonds is 7. The number of H-pyrrole nitrogens is 2. The van der Waals surface area contributed by atoms with Crippen molar-refractivity contribution < 1.29 is 19.1 Å². The van der Waals surface area contributed by atoms with Gasteiger partial charge in [0.05, 0.1) is 18.6 Å². The molecular weight excluding hydrogens is 474 g/mol. The zero-order valence-electron chi connectivity index (χ0n) is 19.9. The van der Waals surface area contributed by atoms with Gasteiger partial charge in [-0.2, -0.15) is 0 Å². The number of carbonyl (C=O) groups is 3. The minimum Gasteiger partial charge on any atom is -0.445 e. The van der Waals surface area contributed by atoms with Crippen LogP contribution in [0.5, 0.6) is 0 Å². The quantitative estimate of drug-likeness (QED) is 0.147. The normalized spacial score (nSPS) is 15.6. The van der Waals surface area contributed by atoms with E-state index >= 15 is 0 Å². The maximum atomic E-state index is 13.6. The lowest BCUT2D eigenvalue weighted by Crippen LogP contribution is -2.57. The molecule has 0 saturated heterocycles. The first-order chi connectivity index (χ1) is 18.0. The molecule has 0 fully saturated rings. The van der Waals surface area contributed by atoms with Gasteiger partial charge in [0.2, 0.25) is 5.91 Å². The van der Waals surface area contributed by atoms with Crippen LogP contribution in [0.1, 0.15) is 22.5 Å². The molecule has 3 heterocycles. The van der Waals surface area contributed by atoms with Crippen molar-refractivity contribution >= 4 is 28.8 Å². The van der Waals surface area contributed by atoms with Crippen molar-refractivity contribution in [3.63, 3.8) is 0 Å². The molecule has 4 aromatic rings. The van der Waals surface area contributed by atoms with Gasteiger partial charge in [-0.25, -0.2) is 15.6 Å². The molecule has 190 valence electrons. The van der Waals surface area contributed by atoms with E-state index in [1.807, 2.05) is 54.6 Å². The summed E-state index contributed by atoms with van der Waals surface area (Å²) in [5, 5.41) is 3.75. The summed E-state index contributed by atoms with van der Waals surface area (Å²) in [6.45, 7) is 0.226. The molecule has 2 atom stereocenters. The van der Waals surface area contributed by atoms with E-state index in [9.17, 15) is 14.4 Å². The van der Waals surface area contributed by atoms with E-state index in [2.05, 4.69) is 25.7 Å². The van der Waals surface area contributed by atoms with Gasteiger partial charge >= 0.3 is 6.09 Å². The van der Waals surface area contributed by atoms with Crippen LogP contribution in [0.25, 0.3) is 10.9 Å². The first-order valence-corrected chi connectivity index (χ1v) is 11.9. The van der Waals surface area contributed by atoms with Gasteiger partial charge in [-0.05, 0) is 17.2 Å². The Morgan fingerprint density at radius 2 is 1.92 bits per heavy atom. The zero-order chi connectivity index (χ0) is 25.8. The second kappa shape index (κ2) is 10.5. The lowest BCUT2D eigenvalue weighted by atomic mass is 9.96. The monoisotopic (exact) mass is 501 g/mol. The van der Waals surface area contributed by atoms with Gasteiger partial charge < -0.3 is 20.0 Å². The fourth-order valence-electron chi connectivity index (χ4n) is 4.63. The molecule has 2 aromatic carbocycles. The highest BCUT2D eigenvalue weighted by Gasteiger charge is 2.38. The number of para-hydroxylation sites is 1. The Hall–Kier alpha value is -4.64. The topological polar surface area (TPSA) is 158 Å². The second-order valence-electron chi connectivity index (χ2n) is 8.85. The minimum absolute atomic E-state index is 0.0709. The predicted octanol–water partition coefficient (Wildman–Crippen LogP) is 1.67. The standard InChI is InChI=1S/C26H27N7O4/c27-32-24(34)21(10-17-12-28-15-29-17)31-25(35)23-11-19-18-8-4-5-9-20(18)30-22(19)13-33(23)26(36)37-14-16-6-2-1-3-7-16/h1-9,12,15,21,23,30H,10-11,13-14,27H2,(H,28,29)(H,31,35)(H,32,34)/t21-,23?/m0/s1. The fourth-order valence-corrected chi connectivity index (χ4v) is 4.63. The molecule has 2 aromatic heterocycles.